The second kappa shape index (κ2) is 6.53. The van der Waals surface area contributed by atoms with Crippen LogP contribution in [0.4, 0.5) is 0 Å². The molecule has 0 aliphatic carbocycles. The lowest BCUT2D eigenvalue weighted by Crippen LogP contribution is -2.50. The van der Waals surface area contributed by atoms with Crippen molar-refractivity contribution in [2.45, 2.75) is 64.1 Å². The van der Waals surface area contributed by atoms with Crippen LogP contribution in [0.5, 0.6) is 0 Å². The summed E-state index contributed by atoms with van der Waals surface area (Å²) >= 11 is 0. The third-order valence-electron chi connectivity index (χ3n) is 4.15. The van der Waals surface area contributed by atoms with E-state index in [0.29, 0.717) is 24.7 Å². The summed E-state index contributed by atoms with van der Waals surface area (Å²) in [5.41, 5.74) is 0. The summed E-state index contributed by atoms with van der Waals surface area (Å²) in [4.78, 5) is 14.3. The lowest BCUT2D eigenvalue weighted by molar-refractivity contribution is -0.136. The summed E-state index contributed by atoms with van der Waals surface area (Å²) in [6.07, 6.45) is 6.12. The van der Waals surface area contributed by atoms with Gasteiger partial charge in [-0.3, -0.25) is 4.79 Å². The van der Waals surface area contributed by atoms with Crippen LogP contribution in [0.1, 0.15) is 46.0 Å². The standard InChI is InChI=1S/C14H26N2O2/c1-11-5-3-6-12(2)16(11)14(17)10-15-9-13-7-4-8-18-13/h11-13,15H,3-10H2,1-2H3. The van der Waals surface area contributed by atoms with Crippen LogP contribution in [0.2, 0.25) is 0 Å². The topological polar surface area (TPSA) is 41.6 Å². The molecule has 0 radical (unpaired) electrons. The zero-order valence-corrected chi connectivity index (χ0v) is 11.7. The molecular formula is C14H26N2O2. The van der Waals surface area contributed by atoms with Gasteiger partial charge in [0.25, 0.3) is 0 Å². The largest absolute Gasteiger partial charge is 0.377 e. The molecule has 2 heterocycles. The highest BCUT2D eigenvalue weighted by Crippen LogP contribution is 2.22. The molecule has 0 bridgehead atoms. The highest BCUT2D eigenvalue weighted by molar-refractivity contribution is 5.79. The normalized spacial score (nSPS) is 32.8. The Bertz CT molecular complexity index is 267. The van der Waals surface area contributed by atoms with Gasteiger partial charge in [-0.1, -0.05) is 0 Å². The van der Waals surface area contributed by atoms with E-state index in [9.17, 15) is 4.79 Å². The van der Waals surface area contributed by atoms with Gasteiger partial charge in [-0.05, 0) is 46.0 Å². The van der Waals surface area contributed by atoms with Gasteiger partial charge < -0.3 is 15.0 Å². The Hall–Kier alpha value is -0.610. The predicted octanol–water partition coefficient (Wildman–Crippen LogP) is 1.54. The number of hydrogen-bond acceptors (Lipinski definition) is 3. The Kier molecular flexibility index (Phi) is 5.01. The highest BCUT2D eigenvalue weighted by atomic mass is 16.5. The van der Waals surface area contributed by atoms with Gasteiger partial charge in [-0.2, -0.15) is 0 Å². The molecule has 1 amide bonds. The first kappa shape index (κ1) is 13.8. The van der Waals surface area contributed by atoms with Crippen molar-refractivity contribution in [3.05, 3.63) is 0 Å². The van der Waals surface area contributed by atoms with E-state index in [1.807, 2.05) is 0 Å². The highest BCUT2D eigenvalue weighted by Gasteiger charge is 2.28. The molecule has 0 aromatic rings. The third kappa shape index (κ3) is 3.45. The van der Waals surface area contributed by atoms with Crippen LogP contribution in [-0.2, 0) is 9.53 Å². The van der Waals surface area contributed by atoms with E-state index >= 15 is 0 Å². The van der Waals surface area contributed by atoms with Crippen molar-refractivity contribution >= 4 is 5.91 Å². The van der Waals surface area contributed by atoms with Crippen molar-refractivity contribution in [1.82, 2.24) is 10.2 Å². The Balaban J connectivity index is 1.72. The summed E-state index contributed by atoms with van der Waals surface area (Å²) in [6.45, 7) is 6.46. The van der Waals surface area contributed by atoms with E-state index in [2.05, 4.69) is 24.1 Å². The predicted molar refractivity (Wildman–Crippen MR) is 71.5 cm³/mol. The van der Waals surface area contributed by atoms with Gasteiger partial charge in [0.15, 0.2) is 0 Å². The molecule has 0 saturated carbocycles. The molecule has 2 saturated heterocycles. The minimum Gasteiger partial charge on any atom is -0.377 e. The van der Waals surface area contributed by atoms with Crippen molar-refractivity contribution < 1.29 is 9.53 Å². The minimum absolute atomic E-state index is 0.243. The number of nitrogens with one attached hydrogen (secondary N) is 1. The van der Waals surface area contributed by atoms with E-state index in [1.54, 1.807) is 0 Å². The van der Waals surface area contributed by atoms with Crippen LogP contribution in [0.25, 0.3) is 0 Å². The number of hydrogen-bond donors (Lipinski definition) is 1. The van der Waals surface area contributed by atoms with Crippen molar-refractivity contribution in [3.8, 4) is 0 Å². The van der Waals surface area contributed by atoms with E-state index in [-0.39, 0.29) is 5.91 Å². The summed E-state index contributed by atoms with van der Waals surface area (Å²) in [7, 11) is 0. The molecule has 3 atom stereocenters. The van der Waals surface area contributed by atoms with Crippen LogP contribution in [0, 0.1) is 0 Å². The fourth-order valence-electron chi connectivity index (χ4n) is 3.15. The van der Waals surface area contributed by atoms with Crippen molar-refractivity contribution in [1.29, 1.82) is 0 Å². The number of rotatable bonds is 4. The van der Waals surface area contributed by atoms with Gasteiger partial charge in [0, 0.05) is 25.2 Å². The molecular weight excluding hydrogens is 228 g/mol. The molecule has 4 heteroatoms. The number of nitrogens with zero attached hydrogens (tertiary/aromatic N) is 1. The zero-order valence-electron chi connectivity index (χ0n) is 11.7. The maximum Gasteiger partial charge on any atom is 0.237 e. The lowest BCUT2D eigenvalue weighted by atomic mass is 9.97. The summed E-state index contributed by atoms with van der Waals surface area (Å²) in [5, 5.41) is 3.25. The fraction of sp³-hybridized carbons (Fsp3) is 0.929. The molecule has 4 nitrogen and oxygen atoms in total. The van der Waals surface area contributed by atoms with Crippen LogP contribution in [0.15, 0.2) is 0 Å². The van der Waals surface area contributed by atoms with E-state index in [1.165, 1.54) is 6.42 Å². The first-order valence-corrected chi connectivity index (χ1v) is 7.32. The quantitative estimate of drug-likeness (QED) is 0.827. The molecule has 2 rings (SSSR count). The fourth-order valence-corrected chi connectivity index (χ4v) is 3.15. The van der Waals surface area contributed by atoms with E-state index in [0.717, 1.165) is 38.8 Å². The summed E-state index contributed by atoms with van der Waals surface area (Å²) < 4.78 is 5.54. The number of amides is 1. The molecule has 2 aliphatic rings. The van der Waals surface area contributed by atoms with Gasteiger partial charge in [-0.25, -0.2) is 0 Å². The number of piperidine rings is 1. The van der Waals surface area contributed by atoms with Gasteiger partial charge in [-0.15, -0.1) is 0 Å². The molecule has 0 aromatic carbocycles. The molecule has 1 N–H and O–H groups in total. The first-order valence-electron chi connectivity index (χ1n) is 7.32. The van der Waals surface area contributed by atoms with Crippen LogP contribution >= 0.6 is 0 Å². The second-order valence-electron chi connectivity index (χ2n) is 5.70. The molecule has 104 valence electrons. The molecule has 0 spiro atoms. The number of carbonyl (C=O) groups is 1. The van der Waals surface area contributed by atoms with Crippen LogP contribution < -0.4 is 5.32 Å². The number of carbonyl (C=O) groups excluding carboxylic acids is 1. The SMILES string of the molecule is CC1CCCC(C)N1C(=O)CNCC1CCCO1. The Morgan fingerprint density at radius 3 is 2.56 bits per heavy atom. The van der Waals surface area contributed by atoms with Gasteiger partial charge in [0.2, 0.25) is 5.91 Å². The molecule has 0 aromatic heterocycles. The zero-order chi connectivity index (χ0) is 13.0. The molecule has 2 aliphatic heterocycles. The minimum atomic E-state index is 0.243. The maximum atomic E-state index is 12.2. The van der Waals surface area contributed by atoms with Gasteiger partial charge in [0.05, 0.1) is 12.6 Å². The molecule has 2 fully saturated rings. The summed E-state index contributed by atoms with van der Waals surface area (Å²) in [6, 6.07) is 0.788. The van der Waals surface area contributed by atoms with Crippen molar-refractivity contribution in [2.24, 2.45) is 0 Å². The number of ether oxygens (including phenoxy) is 1. The number of likely N-dealkylation sites (tertiary alicyclic amines) is 1. The monoisotopic (exact) mass is 254 g/mol. The molecule has 18 heavy (non-hydrogen) atoms. The average Bonchev–Trinajstić information content (AvgIpc) is 2.82. The Morgan fingerprint density at radius 2 is 1.94 bits per heavy atom. The third-order valence-corrected chi connectivity index (χ3v) is 4.15. The lowest BCUT2D eigenvalue weighted by Gasteiger charge is -2.39. The van der Waals surface area contributed by atoms with E-state index in [4.69, 9.17) is 4.74 Å². The van der Waals surface area contributed by atoms with Crippen molar-refractivity contribution in [2.75, 3.05) is 19.7 Å². The average molecular weight is 254 g/mol. The Labute approximate surface area is 110 Å². The Morgan fingerprint density at radius 1 is 1.22 bits per heavy atom. The van der Waals surface area contributed by atoms with Crippen molar-refractivity contribution in [3.63, 3.8) is 0 Å². The van der Waals surface area contributed by atoms with Gasteiger partial charge >= 0.3 is 0 Å². The van der Waals surface area contributed by atoms with E-state index < -0.39 is 0 Å². The second-order valence-corrected chi connectivity index (χ2v) is 5.70. The van der Waals surface area contributed by atoms with Gasteiger partial charge in [0.1, 0.15) is 0 Å². The van der Waals surface area contributed by atoms with Crippen LogP contribution in [-0.4, -0.2) is 48.7 Å². The maximum absolute atomic E-state index is 12.2. The smallest absolute Gasteiger partial charge is 0.237 e. The van der Waals surface area contributed by atoms with Crippen LogP contribution in [0.3, 0.4) is 0 Å². The summed E-state index contributed by atoms with van der Waals surface area (Å²) in [5.74, 6) is 0.243. The first-order chi connectivity index (χ1) is 8.68. The molecule has 3 unspecified atom stereocenters.